The number of rotatable bonds is 1. The van der Waals surface area contributed by atoms with Crippen molar-refractivity contribution >= 4 is 44.6 Å². The van der Waals surface area contributed by atoms with Gasteiger partial charge in [0.1, 0.15) is 0 Å². The lowest BCUT2D eigenvalue weighted by Crippen LogP contribution is -2.38. The summed E-state index contributed by atoms with van der Waals surface area (Å²) in [6.07, 6.45) is 2.27. The molecule has 1 aliphatic heterocycles. The largest absolute Gasteiger partial charge is 0.332 e. The van der Waals surface area contributed by atoms with Crippen molar-refractivity contribution in [1.29, 1.82) is 0 Å². The molecular weight excluding hydrogens is 344 g/mol. The SMILES string of the molecule is Cc1ccc2c(c1)CCCN2C(=S)Nc1ccc(Br)cc1. The van der Waals surface area contributed by atoms with E-state index in [-0.39, 0.29) is 0 Å². The Bertz CT molecular complexity index is 667. The lowest BCUT2D eigenvalue weighted by atomic mass is 10.00. The summed E-state index contributed by atoms with van der Waals surface area (Å²) in [5.74, 6) is 0. The minimum absolute atomic E-state index is 0.766. The molecule has 0 amide bonds. The van der Waals surface area contributed by atoms with Gasteiger partial charge in [0.05, 0.1) is 0 Å². The molecule has 1 aliphatic rings. The lowest BCUT2D eigenvalue weighted by Gasteiger charge is -2.32. The minimum Gasteiger partial charge on any atom is -0.332 e. The second kappa shape index (κ2) is 6.16. The van der Waals surface area contributed by atoms with Gasteiger partial charge >= 0.3 is 0 Å². The highest BCUT2D eigenvalue weighted by Crippen LogP contribution is 2.28. The summed E-state index contributed by atoms with van der Waals surface area (Å²) in [7, 11) is 0. The fourth-order valence-corrected chi connectivity index (χ4v) is 3.23. The molecule has 0 atom stereocenters. The summed E-state index contributed by atoms with van der Waals surface area (Å²) in [4.78, 5) is 2.20. The van der Waals surface area contributed by atoms with Crippen molar-refractivity contribution in [2.45, 2.75) is 19.8 Å². The molecular formula is C17H17BrN2S. The number of nitrogens with one attached hydrogen (secondary N) is 1. The second-order valence-electron chi connectivity index (χ2n) is 5.32. The van der Waals surface area contributed by atoms with Gasteiger partial charge in [-0.1, -0.05) is 33.6 Å². The van der Waals surface area contributed by atoms with Crippen LogP contribution in [0.3, 0.4) is 0 Å². The van der Waals surface area contributed by atoms with Crippen LogP contribution in [0.15, 0.2) is 46.9 Å². The summed E-state index contributed by atoms with van der Waals surface area (Å²) in [6, 6.07) is 14.7. The number of thiocarbonyl (C=S) groups is 1. The lowest BCUT2D eigenvalue weighted by molar-refractivity contribution is 0.780. The maximum absolute atomic E-state index is 5.60. The summed E-state index contributed by atoms with van der Waals surface area (Å²) < 4.78 is 1.07. The molecule has 21 heavy (non-hydrogen) atoms. The van der Waals surface area contributed by atoms with Gasteiger partial charge in [0, 0.05) is 22.4 Å². The van der Waals surface area contributed by atoms with E-state index in [9.17, 15) is 0 Å². The van der Waals surface area contributed by atoms with Crippen molar-refractivity contribution in [1.82, 2.24) is 0 Å². The van der Waals surface area contributed by atoms with Crippen LogP contribution in [-0.2, 0) is 6.42 Å². The van der Waals surface area contributed by atoms with Crippen molar-refractivity contribution < 1.29 is 0 Å². The fraction of sp³-hybridized carbons (Fsp3) is 0.235. The van der Waals surface area contributed by atoms with Crippen molar-refractivity contribution in [2.75, 3.05) is 16.8 Å². The molecule has 3 rings (SSSR count). The van der Waals surface area contributed by atoms with E-state index in [4.69, 9.17) is 12.2 Å². The molecule has 2 nitrogen and oxygen atoms in total. The first kappa shape index (κ1) is 14.5. The first-order chi connectivity index (χ1) is 10.1. The molecule has 0 saturated heterocycles. The second-order valence-corrected chi connectivity index (χ2v) is 6.63. The summed E-state index contributed by atoms with van der Waals surface area (Å²) in [6.45, 7) is 3.11. The molecule has 0 saturated carbocycles. The molecule has 0 bridgehead atoms. The Balaban J connectivity index is 1.81. The van der Waals surface area contributed by atoms with Gasteiger partial charge in [-0.25, -0.2) is 0 Å². The zero-order valence-corrected chi connectivity index (χ0v) is 14.3. The van der Waals surface area contributed by atoms with Crippen LogP contribution in [0.25, 0.3) is 0 Å². The molecule has 1 N–H and O–H groups in total. The van der Waals surface area contributed by atoms with Crippen molar-refractivity contribution in [3.8, 4) is 0 Å². The molecule has 4 heteroatoms. The Morgan fingerprint density at radius 3 is 2.71 bits per heavy atom. The monoisotopic (exact) mass is 360 g/mol. The number of hydrogen-bond acceptors (Lipinski definition) is 1. The molecule has 0 unspecified atom stereocenters. The first-order valence-electron chi connectivity index (χ1n) is 7.07. The maximum atomic E-state index is 5.60. The third-order valence-corrected chi connectivity index (χ3v) is 4.55. The Morgan fingerprint density at radius 1 is 1.19 bits per heavy atom. The number of fused-ring (bicyclic) bond motifs is 1. The number of aryl methyl sites for hydroxylation is 2. The van der Waals surface area contributed by atoms with E-state index in [1.165, 1.54) is 16.8 Å². The van der Waals surface area contributed by atoms with Crippen LogP contribution in [0, 0.1) is 6.92 Å². The molecule has 0 radical (unpaired) electrons. The van der Waals surface area contributed by atoms with Crippen LogP contribution in [0.5, 0.6) is 0 Å². The normalized spacial score (nSPS) is 13.7. The quantitative estimate of drug-likeness (QED) is 0.727. The standard InChI is InChI=1S/C17H17BrN2S/c1-12-4-9-16-13(11-12)3-2-10-20(16)17(21)19-15-7-5-14(18)6-8-15/h4-9,11H,2-3,10H2,1H3,(H,19,21). The average Bonchev–Trinajstić information content (AvgIpc) is 2.48. The zero-order valence-electron chi connectivity index (χ0n) is 11.9. The van der Waals surface area contributed by atoms with E-state index in [2.05, 4.69) is 51.3 Å². The molecule has 0 fully saturated rings. The summed E-state index contributed by atoms with van der Waals surface area (Å²) in [5.41, 5.74) is 4.95. The zero-order chi connectivity index (χ0) is 14.8. The number of anilines is 2. The molecule has 0 spiro atoms. The predicted octanol–water partition coefficient (Wildman–Crippen LogP) is 4.91. The van der Waals surface area contributed by atoms with Crippen LogP contribution < -0.4 is 10.2 Å². The highest BCUT2D eigenvalue weighted by Gasteiger charge is 2.20. The van der Waals surface area contributed by atoms with E-state index in [0.717, 1.165) is 34.7 Å². The van der Waals surface area contributed by atoms with Crippen LogP contribution in [0.4, 0.5) is 11.4 Å². The Labute approximate surface area is 139 Å². The van der Waals surface area contributed by atoms with Gasteiger partial charge in [0.15, 0.2) is 5.11 Å². The Morgan fingerprint density at radius 2 is 1.95 bits per heavy atom. The smallest absolute Gasteiger partial charge is 0.177 e. The molecule has 108 valence electrons. The average molecular weight is 361 g/mol. The predicted molar refractivity (Wildman–Crippen MR) is 97.2 cm³/mol. The topological polar surface area (TPSA) is 15.3 Å². The number of hydrogen-bond donors (Lipinski definition) is 1. The maximum Gasteiger partial charge on any atom is 0.177 e. The van der Waals surface area contributed by atoms with E-state index in [1.54, 1.807) is 0 Å². The van der Waals surface area contributed by atoms with Crippen LogP contribution in [0.1, 0.15) is 17.5 Å². The van der Waals surface area contributed by atoms with Crippen LogP contribution >= 0.6 is 28.1 Å². The third-order valence-electron chi connectivity index (χ3n) is 3.69. The Hall–Kier alpha value is -1.39. The van der Waals surface area contributed by atoms with Gasteiger partial charge < -0.3 is 10.2 Å². The van der Waals surface area contributed by atoms with Crippen molar-refractivity contribution in [3.05, 3.63) is 58.1 Å². The summed E-state index contributed by atoms with van der Waals surface area (Å²) in [5, 5.41) is 4.10. The summed E-state index contributed by atoms with van der Waals surface area (Å²) >= 11 is 9.05. The van der Waals surface area contributed by atoms with E-state index >= 15 is 0 Å². The Kier molecular flexibility index (Phi) is 4.27. The van der Waals surface area contributed by atoms with Gasteiger partial charge in [0.2, 0.25) is 0 Å². The van der Waals surface area contributed by atoms with E-state index in [1.807, 2.05) is 24.3 Å². The van der Waals surface area contributed by atoms with Gasteiger partial charge in [0.25, 0.3) is 0 Å². The van der Waals surface area contributed by atoms with Crippen LogP contribution in [-0.4, -0.2) is 11.7 Å². The molecule has 2 aromatic carbocycles. The minimum atomic E-state index is 0.766. The van der Waals surface area contributed by atoms with Gasteiger partial charge in [-0.3, -0.25) is 0 Å². The number of benzene rings is 2. The number of nitrogens with zero attached hydrogens (tertiary/aromatic N) is 1. The highest BCUT2D eigenvalue weighted by molar-refractivity contribution is 9.10. The van der Waals surface area contributed by atoms with E-state index < -0.39 is 0 Å². The first-order valence-corrected chi connectivity index (χ1v) is 8.27. The van der Waals surface area contributed by atoms with E-state index in [0.29, 0.717) is 0 Å². The third kappa shape index (κ3) is 3.27. The van der Waals surface area contributed by atoms with Gasteiger partial charge in [-0.05, 0) is 67.9 Å². The van der Waals surface area contributed by atoms with Gasteiger partial charge in [-0.2, -0.15) is 0 Å². The van der Waals surface area contributed by atoms with Crippen molar-refractivity contribution in [3.63, 3.8) is 0 Å². The van der Waals surface area contributed by atoms with Crippen molar-refractivity contribution in [2.24, 2.45) is 0 Å². The van der Waals surface area contributed by atoms with Crippen LogP contribution in [0.2, 0.25) is 0 Å². The number of halogens is 1. The molecule has 0 aromatic heterocycles. The molecule has 2 aromatic rings. The fourth-order valence-electron chi connectivity index (χ4n) is 2.66. The molecule has 0 aliphatic carbocycles. The highest BCUT2D eigenvalue weighted by atomic mass is 79.9. The molecule has 1 heterocycles. The van der Waals surface area contributed by atoms with Gasteiger partial charge in [-0.15, -0.1) is 0 Å².